The summed E-state index contributed by atoms with van der Waals surface area (Å²) in [5.74, 6) is 0.388. The van der Waals surface area contributed by atoms with Gasteiger partial charge in [-0.2, -0.15) is 5.10 Å². The number of ketones is 1. The minimum absolute atomic E-state index is 0.208. The number of carbonyl (C=O) groups excluding carboxylic acids is 1. The number of anilines is 1. The molecule has 0 spiro atoms. The number of nitrogens with zero attached hydrogens (tertiary/aromatic N) is 1. The fraction of sp³-hybridized carbons (Fsp3) is 0.333. The summed E-state index contributed by atoms with van der Waals surface area (Å²) in [4.78, 5) is 12.4. The fourth-order valence-corrected chi connectivity index (χ4v) is 2.58. The highest BCUT2D eigenvalue weighted by molar-refractivity contribution is 6.36. The van der Waals surface area contributed by atoms with Crippen molar-refractivity contribution < 1.29 is 9.53 Å². The van der Waals surface area contributed by atoms with E-state index < -0.39 is 0 Å². The topological polar surface area (TPSA) is 50.7 Å². The molecule has 0 aliphatic carbocycles. The minimum Gasteiger partial charge on any atom is -0.493 e. The summed E-state index contributed by atoms with van der Waals surface area (Å²) in [6.45, 7) is 4.71. The molecule has 0 saturated heterocycles. The normalized spacial score (nSPS) is 10.9. The van der Waals surface area contributed by atoms with Crippen LogP contribution in [0.15, 0.2) is 47.6 Å². The first kappa shape index (κ1) is 20.0. The van der Waals surface area contributed by atoms with Crippen molar-refractivity contribution in [2.75, 3.05) is 12.0 Å². The van der Waals surface area contributed by atoms with Crippen LogP contribution in [0.4, 0.5) is 5.69 Å². The van der Waals surface area contributed by atoms with E-state index in [-0.39, 0.29) is 5.78 Å². The molecular weight excluding hydrogens is 348 g/mol. The van der Waals surface area contributed by atoms with Gasteiger partial charge in [-0.1, -0.05) is 56.0 Å². The Bertz CT molecular complexity index is 759. The first-order valence-electron chi connectivity index (χ1n) is 8.93. The van der Waals surface area contributed by atoms with Gasteiger partial charge in [-0.3, -0.25) is 10.2 Å². The third-order valence-corrected chi connectivity index (χ3v) is 4.36. The maximum Gasteiger partial charge on any atom is 0.209 e. The highest BCUT2D eigenvalue weighted by Gasteiger charge is 2.10. The van der Waals surface area contributed by atoms with Gasteiger partial charge in [0.05, 0.1) is 24.1 Å². The van der Waals surface area contributed by atoms with Crippen LogP contribution in [0.3, 0.4) is 0 Å². The number of para-hydroxylation sites is 1. The summed E-state index contributed by atoms with van der Waals surface area (Å²) in [6.07, 6.45) is 5.76. The molecule has 2 rings (SSSR count). The fourth-order valence-electron chi connectivity index (χ4n) is 2.40. The third kappa shape index (κ3) is 6.19. The van der Waals surface area contributed by atoms with E-state index in [2.05, 4.69) is 17.5 Å². The van der Waals surface area contributed by atoms with Crippen LogP contribution in [-0.2, 0) is 0 Å². The number of nitrogens with one attached hydrogen (secondary N) is 1. The molecule has 0 saturated carbocycles. The molecule has 0 fully saturated rings. The Morgan fingerprint density at radius 2 is 2.00 bits per heavy atom. The Morgan fingerprint density at radius 1 is 1.19 bits per heavy atom. The molecule has 5 heteroatoms. The number of rotatable bonds is 10. The van der Waals surface area contributed by atoms with Crippen LogP contribution in [0, 0.1) is 6.92 Å². The number of unbranched alkanes of at least 4 members (excludes halogenated alkanes) is 3. The molecule has 1 N–H and O–H groups in total. The molecular formula is C21H25ClN2O2. The molecule has 138 valence electrons. The van der Waals surface area contributed by atoms with E-state index in [4.69, 9.17) is 16.3 Å². The van der Waals surface area contributed by atoms with Gasteiger partial charge < -0.3 is 4.74 Å². The summed E-state index contributed by atoms with van der Waals surface area (Å²) in [7, 11) is 0. The van der Waals surface area contributed by atoms with Gasteiger partial charge in [-0.25, -0.2) is 0 Å². The van der Waals surface area contributed by atoms with Gasteiger partial charge in [0.1, 0.15) is 5.75 Å². The van der Waals surface area contributed by atoms with Crippen LogP contribution in [0.1, 0.15) is 48.5 Å². The predicted molar refractivity (Wildman–Crippen MR) is 109 cm³/mol. The van der Waals surface area contributed by atoms with Gasteiger partial charge in [0, 0.05) is 5.02 Å². The van der Waals surface area contributed by atoms with Gasteiger partial charge in [0.15, 0.2) is 0 Å². The summed E-state index contributed by atoms with van der Waals surface area (Å²) >= 11 is 6.08. The average Bonchev–Trinajstić information content (AvgIpc) is 2.64. The second kappa shape index (κ2) is 10.6. The van der Waals surface area contributed by atoms with E-state index in [9.17, 15) is 4.79 Å². The molecule has 2 aromatic rings. The molecule has 0 unspecified atom stereocenters. The highest BCUT2D eigenvalue weighted by Crippen LogP contribution is 2.20. The summed E-state index contributed by atoms with van der Waals surface area (Å²) in [6, 6.07) is 12.8. The molecule has 0 atom stereocenters. The number of halogens is 1. The van der Waals surface area contributed by atoms with Crippen molar-refractivity contribution in [2.45, 2.75) is 39.5 Å². The van der Waals surface area contributed by atoms with E-state index >= 15 is 0 Å². The second-order valence-electron chi connectivity index (χ2n) is 6.10. The minimum atomic E-state index is -0.208. The zero-order valence-corrected chi connectivity index (χ0v) is 16.1. The molecule has 4 nitrogen and oxygen atoms in total. The monoisotopic (exact) mass is 372 g/mol. The summed E-state index contributed by atoms with van der Waals surface area (Å²) in [5, 5.41) is 4.66. The maximum absolute atomic E-state index is 12.4. The van der Waals surface area contributed by atoms with Gasteiger partial charge >= 0.3 is 0 Å². The molecule has 0 heterocycles. The Kier molecular flexibility index (Phi) is 8.16. The standard InChI is InChI=1S/C21H25ClN2O2/c1-3-4-5-8-13-26-21-10-7-6-9-18(21)20(25)15-23-24-17-12-11-16(2)19(22)14-17/h6-7,9-12,14-15,24H,3-5,8,13H2,1-2H3/b23-15+. The first-order chi connectivity index (χ1) is 12.6. The van der Waals surface area contributed by atoms with E-state index in [1.54, 1.807) is 12.1 Å². The van der Waals surface area contributed by atoms with Crippen molar-refractivity contribution in [3.8, 4) is 5.75 Å². The molecule has 0 bridgehead atoms. The number of ether oxygens (including phenoxy) is 1. The third-order valence-electron chi connectivity index (χ3n) is 3.96. The quantitative estimate of drug-likeness (QED) is 0.245. The number of hydrogen-bond acceptors (Lipinski definition) is 4. The first-order valence-corrected chi connectivity index (χ1v) is 9.31. The van der Waals surface area contributed by atoms with Crippen molar-refractivity contribution in [1.29, 1.82) is 0 Å². The van der Waals surface area contributed by atoms with Gasteiger partial charge in [-0.15, -0.1) is 0 Å². The van der Waals surface area contributed by atoms with Crippen molar-refractivity contribution >= 4 is 29.3 Å². The largest absolute Gasteiger partial charge is 0.493 e. The lowest BCUT2D eigenvalue weighted by atomic mass is 10.1. The predicted octanol–water partition coefficient (Wildman–Crippen LogP) is 5.89. The van der Waals surface area contributed by atoms with Crippen molar-refractivity contribution in [1.82, 2.24) is 0 Å². The molecule has 0 radical (unpaired) electrons. The van der Waals surface area contributed by atoms with Crippen molar-refractivity contribution in [2.24, 2.45) is 5.10 Å². The van der Waals surface area contributed by atoms with Crippen molar-refractivity contribution in [3.05, 3.63) is 58.6 Å². The van der Waals surface area contributed by atoms with Crippen molar-refractivity contribution in [3.63, 3.8) is 0 Å². The highest BCUT2D eigenvalue weighted by atomic mass is 35.5. The van der Waals surface area contributed by atoms with E-state index in [0.29, 0.717) is 22.9 Å². The molecule has 2 aromatic carbocycles. The zero-order valence-electron chi connectivity index (χ0n) is 15.3. The Labute approximate surface area is 160 Å². The van der Waals surface area contributed by atoms with Gasteiger partial charge in [-0.05, 0) is 43.2 Å². The molecule has 0 aromatic heterocycles. The number of carbonyl (C=O) groups is 1. The number of hydrazone groups is 1. The van der Waals surface area contributed by atoms with Crippen LogP contribution in [-0.4, -0.2) is 18.6 Å². The molecule has 0 aliphatic heterocycles. The average molecular weight is 373 g/mol. The van der Waals surface area contributed by atoms with Crippen LogP contribution in [0.25, 0.3) is 0 Å². The van der Waals surface area contributed by atoms with Crippen LogP contribution in [0.5, 0.6) is 5.75 Å². The smallest absolute Gasteiger partial charge is 0.209 e. The molecule has 26 heavy (non-hydrogen) atoms. The van der Waals surface area contributed by atoms with Crippen LogP contribution in [0.2, 0.25) is 5.02 Å². The number of benzene rings is 2. The van der Waals surface area contributed by atoms with E-state index in [1.165, 1.54) is 19.1 Å². The summed E-state index contributed by atoms with van der Waals surface area (Å²) < 4.78 is 5.78. The Hall–Kier alpha value is -2.33. The maximum atomic E-state index is 12.4. The second-order valence-corrected chi connectivity index (χ2v) is 6.51. The van der Waals surface area contributed by atoms with Crippen LogP contribution >= 0.6 is 11.6 Å². The lowest BCUT2D eigenvalue weighted by Crippen LogP contribution is -2.07. The molecule has 0 aliphatic rings. The SMILES string of the molecule is CCCCCCOc1ccccc1C(=O)/C=N/Nc1ccc(C)c(Cl)c1. The number of Topliss-reactive ketones (excluding diaryl/α,β-unsaturated/α-hetero) is 1. The Balaban J connectivity index is 1.94. The molecule has 0 amide bonds. The Morgan fingerprint density at radius 3 is 2.77 bits per heavy atom. The summed E-state index contributed by atoms with van der Waals surface area (Å²) in [5.41, 5.74) is 5.05. The lowest BCUT2D eigenvalue weighted by molar-refractivity contribution is 0.106. The van der Waals surface area contributed by atoms with E-state index in [1.807, 2.05) is 37.3 Å². The van der Waals surface area contributed by atoms with Gasteiger partial charge in [0.25, 0.3) is 0 Å². The lowest BCUT2D eigenvalue weighted by Gasteiger charge is -2.09. The van der Waals surface area contributed by atoms with Crippen LogP contribution < -0.4 is 10.2 Å². The van der Waals surface area contributed by atoms with E-state index in [0.717, 1.165) is 24.1 Å². The number of hydrogen-bond donors (Lipinski definition) is 1. The van der Waals surface area contributed by atoms with Gasteiger partial charge in [0.2, 0.25) is 5.78 Å². The number of aryl methyl sites for hydroxylation is 1. The zero-order chi connectivity index (χ0) is 18.8.